The lowest BCUT2D eigenvalue weighted by Crippen LogP contribution is -2.03. The van der Waals surface area contributed by atoms with Gasteiger partial charge in [-0.3, -0.25) is 4.99 Å². The van der Waals surface area contributed by atoms with Crippen LogP contribution in [0.3, 0.4) is 0 Å². The predicted octanol–water partition coefficient (Wildman–Crippen LogP) is 0.415. The second-order valence-electron chi connectivity index (χ2n) is 2.34. The zero-order valence-electron chi connectivity index (χ0n) is 6.18. The summed E-state index contributed by atoms with van der Waals surface area (Å²) in [7, 11) is 0. The lowest BCUT2D eigenvalue weighted by atomic mass is 10.4. The zero-order valence-corrected chi connectivity index (χ0v) is 6.18. The molecule has 0 aromatic carbocycles. The number of nitrogens with zero attached hydrogens (tertiary/aromatic N) is 1. The predicted molar refractivity (Wildman–Crippen MR) is 41.4 cm³/mol. The van der Waals surface area contributed by atoms with Gasteiger partial charge in [-0.05, 0) is 25.9 Å². The number of rotatable bonds is 0. The average Bonchev–Trinajstić information content (AvgIpc) is 2.67. The van der Waals surface area contributed by atoms with Gasteiger partial charge >= 0.3 is 0 Å². The second-order valence-corrected chi connectivity index (χ2v) is 2.34. The minimum absolute atomic E-state index is 0.778. The van der Waals surface area contributed by atoms with Crippen LogP contribution in [0.25, 0.3) is 0 Å². The van der Waals surface area contributed by atoms with Crippen LogP contribution in [0, 0.1) is 0 Å². The molecule has 3 heteroatoms. The van der Waals surface area contributed by atoms with Crippen molar-refractivity contribution in [1.82, 2.24) is 5.32 Å². The van der Waals surface area contributed by atoms with E-state index in [1.165, 1.54) is 32.3 Å². The summed E-state index contributed by atoms with van der Waals surface area (Å²) in [6.45, 7) is 4.12. The van der Waals surface area contributed by atoms with Crippen LogP contribution in [-0.4, -0.2) is 32.6 Å². The Morgan fingerprint density at radius 1 is 1.30 bits per heavy atom. The highest BCUT2D eigenvalue weighted by Crippen LogP contribution is 1.90. The molecular weight excluding hydrogens is 128 g/mol. The highest BCUT2D eigenvalue weighted by molar-refractivity contribution is 5.47. The van der Waals surface area contributed by atoms with E-state index in [-0.39, 0.29) is 0 Å². The fourth-order valence-electron chi connectivity index (χ4n) is 0.889. The van der Waals surface area contributed by atoms with E-state index in [4.69, 9.17) is 0 Å². The molecule has 0 aromatic heterocycles. The molecule has 1 saturated heterocycles. The molecule has 0 saturated carbocycles. The third kappa shape index (κ3) is 3.45. The summed E-state index contributed by atoms with van der Waals surface area (Å²) >= 11 is 0. The normalized spacial score (nSPS) is 21.6. The Labute approximate surface area is 61.5 Å². The maximum absolute atomic E-state index is 4.65. The Balaban J connectivity index is 0.0000001000. The summed E-state index contributed by atoms with van der Waals surface area (Å²) in [5, 5.41) is 3.22. The Kier molecular flexibility index (Phi) is 3.94. The van der Waals surface area contributed by atoms with Crippen LogP contribution in [0.15, 0.2) is 4.99 Å². The highest BCUT2D eigenvalue weighted by Gasteiger charge is 1.93. The van der Waals surface area contributed by atoms with Crippen molar-refractivity contribution >= 4 is 6.40 Å². The van der Waals surface area contributed by atoms with E-state index in [1.807, 2.05) is 0 Å². The van der Waals surface area contributed by atoms with Crippen molar-refractivity contribution in [2.75, 3.05) is 26.2 Å². The minimum atomic E-state index is 0.778. The fraction of sp³-hybridized carbons (Fsp3) is 0.857. The molecular formula is C7H14N2O. The molecule has 0 spiro atoms. The van der Waals surface area contributed by atoms with E-state index in [0.717, 1.165) is 13.2 Å². The second kappa shape index (κ2) is 5.23. The lowest BCUT2D eigenvalue weighted by molar-refractivity contribution is 0.361. The van der Waals surface area contributed by atoms with E-state index in [0.29, 0.717) is 0 Å². The number of hydrogen-bond donors (Lipinski definition) is 1. The number of aliphatic imine (C=N–C) groups is 1. The molecule has 3 nitrogen and oxygen atoms in total. The third-order valence-corrected chi connectivity index (χ3v) is 1.44. The largest absolute Gasteiger partial charge is 0.482 e. The summed E-state index contributed by atoms with van der Waals surface area (Å²) in [5.41, 5.74) is 0. The van der Waals surface area contributed by atoms with E-state index in [2.05, 4.69) is 15.0 Å². The summed E-state index contributed by atoms with van der Waals surface area (Å²) in [4.78, 5) is 3.74. The molecule has 2 heterocycles. The molecule has 0 amide bonds. The minimum Gasteiger partial charge on any atom is -0.482 e. The quantitative estimate of drug-likeness (QED) is 0.531. The third-order valence-electron chi connectivity index (χ3n) is 1.44. The molecule has 0 radical (unpaired) electrons. The molecule has 58 valence electrons. The summed E-state index contributed by atoms with van der Waals surface area (Å²) in [6, 6.07) is 0. The van der Waals surface area contributed by atoms with Crippen LogP contribution in [0.1, 0.15) is 12.8 Å². The summed E-state index contributed by atoms with van der Waals surface area (Å²) in [5.74, 6) is 0. The van der Waals surface area contributed by atoms with Gasteiger partial charge < -0.3 is 10.1 Å². The van der Waals surface area contributed by atoms with Crippen LogP contribution in [0.4, 0.5) is 0 Å². The lowest BCUT2D eigenvalue weighted by Gasteiger charge is -1.76. The van der Waals surface area contributed by atoms with E-state index in [1.54, 1.807) is 0 Å². The van der Waals surface area contributed by atoms with Gasteiger partial charge in [-0.25, -0.2) is 0 Å². The van der Waals surface area contributed by atoms with Gasteiger partial charge in [-0.15, -0.1) is 0 Å². The molecule has 2 aliphatic heterocycles. The van der Waals surface area contributed by atoms with Crippen molar-refractivity contribution in [2.45, 2.75) is 12.8 Å². The van der Waals surface area contributed by atoms with Gasteiger partial charge in [0.2, 0.25) is 0 Å². The first-order valence-corrected chi connectivity index (χ1v) is 3.81. The van der Waals surface area contributed by atoms with Gasteiger partial charge in [0.1, 0.15) is 6.61 Å². The average molecular weight is 142 g/mol. The van der Waals surface area contributed by atoms with Crippen molar-refractivity contribution in [1.29, 1.82) is 0 Å². The van der Waals surface area contributed by atoms with Gasteiger partial charge in [0, 0.05) is 0 Å². The van der Waals surface area contributed by atoms with Crippen molar-refractivity contribution in [3.8, 4) is 0 Å². The maximum atomic E-state index is 4.65. The molecule has 1 N–H and O–H groups in total. The molecule has 10 heavy (non-hydrogen) atoms. The SMILES string of the molecule is C1=NCCO1.C1CCNC1. The first-order chi connectivity index (χ1) is 5.00. The van der Waals surface area contributed by atoms with Crippen LogP contribution in [-0.2, 0) is 4.74 Å². The standard InChI is InChI=1S/C4H9N.C3H5NO/c1-2-4-5-3-1;1-2-5-3-4-1/h5H,1-4H2;3H,1-2H2. The monoisotopic (exact) mass is 142 g/mol. The zero-order chi connectivity index (χ0) is 7.07. The first kappa shape index (κ1) is 7.54. The van der Waals surface area contributed by atoms with Crippen LogP contribution >= 0.6 is 0 Å². The molecule has 2 rings (SSSR count). The van der Waals surface area contributed by atoms with Crippen molar-refractivity contribution in [3.05, 3.63) is 0 Å². The number of ether oxygens (including phenoxy) is 1. The molecule has 0 unspecified atom stereocenters. The van der Waals surface area contributed by atoms with Gasteiger partial charge in [0.05, 0.1) is 6.54 Å². The molecule has 0 aromatic rings. The highest BCUT2D eigenvalue weighted by atomic mass is 16.5. The van der Waals surface area contributed by atoms with Gasteiger partial charge in [-0.2, -0.15) is 0 Å². The molecule has 2 aliphatic rings. The summed E-state index contributed by atoms with van der Waals surface area (Å²) in [6.07, 6.45) is 4.26. The van der Waals surface area contributed by atoms with E-state index < -0.39 is 0 Å². The fourth-order valence-corrected chi connectivity index (χ4v) is 0.889. The van der Waals surface area contributed by atoms with Gasteiger partial charge in [0.15, 0.2) is 6.40 Å². The van der Waals surface area contributed by atoms with Crippen molar-refractivity contribution in [2.24, 2.45) is 4.99 Å². The maximum Gasteiger partial charge on any atom is 0.169 e. The Bertz CT molecular complexity index is 86.2. The Hall–Kier alpha value is -0.570. The molecule has 0 bridgehead atoms. The van der Waals surface area contributed by atoms with Crippen LogP contribution < -0.4 is 5.32 Å². The Morgan fingerprint density at radius 2 is 2.10 bits per heavy atom. The van der Waals surface area contributed by atoms with Gasteiger partial charge in [0.25, 0.3) is 0 Å². The smallest absolute Gasteiger partial charge is 0.169 e. The number of hydrogen-bond acceptors (Lipinski definition) is 3. The van der Waals surface area contributed by atoms with Gasteiger partial charge in [-0.1, -0.05) is 0 Å². The van der Waals surface area contributed by atoms with E-state index in [9.17, 15) is 0 Å². The first-order valence-electron chi connectivity index (χ1n) is 3.81. The molecule has 0 atom stereocenters. The molecule has 0 aliphatic carbocycles. The summed E-state index contributed by atoms with van der Waals surface area (Å²) < 4.78 is 4.65. The topological polar surface area (TPSA) is 33.6 Å². The van der Waals surface area contributed by atoms with Crippen molar-refractivity contribution < 1.29 is 4.74 Å². The van der Waals surface area contributed by atoms with Crippen molar-refractivity contribution in [3.63, 3.8) is 0 Å². The van der Waals surface area contributed by atoms with Crippen LogP contribution in [0.5, 0.6) is 0 Å². The van der Waals surface area contributed by atoms with E-state index >= 15 is 0 Å². The van der Waals surface area contributed by atoms with Crippen LogP contribution in [0.2, 0.25) is 0 Å². The molecule has 1 fully saturated rings. The number of nitrogens with one attached hydrogen (secondary N) is 1. The Morgan fingerprint density at radius 3 is 2.30 bits per heavy atom.